The molecule has 0 aliphatic heterocycles. The lowest BCUT2D eigenvalue weighted by atomic mass is 10.1. The molecule has 0 aliphatic carbocycles. The highest BCUT2D eigenvalue weighted by Crippen LogP contribution is 2.29. The topological polar surface area (TPSA) is 46.4 Å². The summed E-state index contributed by atoms with van der Waals surface area (Å²) < 4.78 is 1.87. The van der Waals surface area contributed by atoms with Crippen LogP contribution in [-0.2, 0) is 0 Å². The van der Waals surface area contributed by atoms with E-state index >= 15 is 0 Å². The maximum absolute atomic E-state index is 12.7. The Bertz CT molecular complexity index is 1100. The van der Waals surface area contributed by atoms with Crippen molar-refractivity contribution in [1.82, 2.24) is 9.38 Å². The summed E-state index contributed by atoms with van der Waals surface area (Å²) in [4.78, 5) is 17.4. The van der Waals surface area contributed by atoms with Gasteiger partial charge in [-0.15, -0.1) is 0 Å². The van der Waals surface area contributed by atoms with Gasteiger partial charge in [-0.1, -0.05) is 53.6 Å². The summed E-state index contributed by atoms with van der Waals surface area (Å²) in [6, 6.07) is 20.7. The molecule has 1 amide bonds. The van der Waals surface area contributed by atoms with Crippen molar-refractivity contribution in [2.45, 2.75) is 6.92 Å². The number of halogens is 1. The fraction of sp³-hybridized carbons (Fsp3) is 0.0476. The minimum Gasteiger partial charge on any atom is -0.306 e. The Morgan fingerprint density at radius 1 is 1.04 bits per heavy atom. The van der Waals surface area contributed by atoms with Gasteiger partial charge in [0.25, 0.3) is 5.91 Å². The van der Waals surface area contributed by atoms with Crippen LogP contribution in [0.5, 0.6) is 0 Å². The van der Waals surface area contributed by atoms with Crippen LogP contribution in [0, 0.1) is 6.92 Å². The third kappa shape index (κ3) is 3.07. The number of benzene rings is 2. The summed E-state index contributed by atoms with van der Waals surface area (Å²) in [5.41, 5.74) is 4.11. The number of fused-ring (bicyclic) bond motifs is 1. The number of nitrogens with one attached hydrogen (secondary N) is 1. The zero-order valence-corrected chi connectivity index (χ0v) is 14.9. The molecule has 0 aliphatic rings. The molecule has 0 saturated carbocycles. The zero-order chi connectivity index (χ0) is 18.1. The molecule has 0 unspecified atom stereocenters. The number of carbonyl (C=O) groups is 1. The summed E-state index contributed by atoms with van der Waals surface area (Å²) in [5.74, 6) is 0.404. The smallest absolute Gasteiger partial charge is 0.256 e. The molecule has 0 bridgehead atoms. The molecule has 2 aromatic carbocycles. The largest absolute Gasteiger partial charge is 0.306 e. The minimum atomic E-state index is -0.230. The lowest BCUT2D eigenvalue weighted by Gasteiger charge is -2.08. The zero-order valence-electron chi connectivity index (χ0n) is 14.1. The average molecular weight is 362 g/mol. The van der Waals surface area contributed by atoms with Crippen molar-refractivity contribution in [3.8, 4) is 11.3 Å². The number of amides is 1. The molecule has 128 valence electrons. The van der Waals surface area contributed by atoms with E-state index in [2.05, 4.69) is 5.32 Å². The number of pyridine rings is 1. The second-order valence-electron chi connectivity index (χ2n) is 6.07. The second-order valence-corrected chi connectivity index (χ2v) is 6.50. The minimum absolute atomic E-state index is 0.230. The van der Waals surface area contributed by atoms with E-state index in [-0.39, 0.29) is 5.91 Å². The van der Waals surface area contributed by atoms with E-state index < -0.39 is 0 Å². The molecule has 0 radical (unpaired) electrons. The Hall–Kier alpha value is -3.11. The Kier molecular flexibility index (Phi) is 4.19. The molecule has 0 saturated heterocycles. The number of nitrogens with zero attached hydrogens (tertiary/aromatic N) is 2. The third-order valence-corrected chi connectivity index (χ3v) is 4.41. The third-order valence-electron chi connectivity index (χ3n) is 4.17. The first kappa shape index (κ1) is 16.4. The predicted molar refractivity (Wildman–Crippen MR) is 105 cm³/mol. The SMILES string of the molecule is Cc1ccc(-c2nc3ccccn3c2NC(=O)c2cccc(Cl)c2)cc1. The number of hydrogen-bond donors (Lipinski definition) is 1. The van der Waals surface area contributed by atoms with E-state index in [0.29, 0.717) is 16.4 Å². The summed E-state index contributed by atoms with van der Waals surface area (Å²) in [7, 11) is 0. The van der Waals surface area contributed by atoms with Crippen molar-refractivity contribution >= 4 is 29.0 Å². The van der Waals surface area contributed by atoms with Crippen LogP contribution in [0.4, 0.5) is 5.82 Å². The first-order chi connectivity index (χ1) is 12.6. The summed E-state index contributed by atoms with van der Waals surface area (Å²) in [5, 5.41) is 3.52. The highest BCUT2D eigenvalue weighted by atomic mass is 35.5. The van der Waals surface area contributed by atoms with Gasteiger partial charge in [0.1, 0.15) is 17.2 Å². The van der Waals surface area contributed by atoms with Gasteiger partial charge in [0.2, 0.25) is 0 Å². The maximum atomic E-state index is 12.7. The van der Waals surface area contributed by atoms with E-state index in [1.165, 1.54) is 5.56 Å². The molecule has 5 heteroatoms. The van der Waals surface area contributed by atoms with E-state index in [4.69, 9.17) is 16.6 Å². The van der Waals surface area contributed by atoms with Gasteiger partial charge in [-0.3, -0.25) is 9.20 Å². The average Bonchev–Trinajstić information content (AvgIpc) is 3.01. The molecule has 0 fully saturated rings. The molecule has 26 heavy (non-hydrogen) atoms. The fourth-order valence-corrected chi connectivity index (χ4v) is 3.03. The number of aryl methyl sites for hydroxylation is 1. The molecule has 1 N–H and O–H groups in total. The van der Waals surface area contributed by atoms with Crippen LogP contribution in [0.25, 0.3) is 16.9 Å². The first-order valence-corrected chi connectivity index (χ1v) is 8.61. The predicted octanol–water partition coefficient (Wildman–Crippen LogP) is 5.22. The Labute approximate surface area is 156 Å². The lowest BCUT2D eigenvalue weighted by molar-refractivity contribution is 0.102. The summed E-state index contributed by atoms with van der Waals surface area (Å²) in [6.07, 6.45) is 1.88. The van der Waals surface area contributed by atoms with Crippen molar-refractivity contribution in [2.75, 3.05) is 5.32 Å². The molecule has 2 aromatic heterocycles. The van der Waals surface area contributed by atoms with Gasteiger partial charge < -0.3 is 5.32 Å². The number of carbonyl (C=O) groups excluding carboxylic acids is 1. The van der Waals surface area contributed by atoms with E-state index in [1.54, 1.807) is 24.3 Å². The highest BCUT2D eigenvalue weighted by molar-refractivity contribution is 6.31. The van der Waals surface area contributed by atoms with Crippen LogP contribution in [0.2, 0.25) is 5.02 Å². The lowest BCUT2D eigenvalue weighted by Crippen LogP contribution is -2.14. The van der Waals surface area contributed by atoms with E-state index in [1.807, 2.05) is 60.0 Å². The highest BCUT2D eigenvalue weighted by Gasteiger charge is 2.17. The molecule has 0 atom stereocenters. The second kappa shape index (κ2) is 6.65. The molecule has 4 aromatic rings. The van der Waals surface area contributed by atoms with Crippen molar-refractivity contribution in [2.24, 2.45) is 0 Å². The van der Waals surface area contributed by atoms with Gasteiger partial charge in [0.05, 0.1) is 0 Å². The molecule has 4 rings (SSSR count). The van der Waals surface area contributed by atoms with Crippen LogP contribution < -0.4 is 5.32 Å². The van der Waals surface area contributed by atoms with Gasteiger partial charge in [0, 0.05) is 22.3 Å². The van der Waals surface area contributed by atoms with Gasteiger partial charge >= 0.3 is 0 Å². The van der Waals surface area contributed by atoms with Gasteiger partial charge in [-0.05, 0) is 37.3 Å². The standard InChI is InChI=1S/C21H16ClN3O/c1-14-8-10-15(11-9-14)19-20(25-12-3-2-7-18(25)23-19)24-21(26)16-5-4-6-17(22)13-16/h2-13H,1H3,(H,24,26). The number of imidazole rings is 1. The maximum Gasteiger partial charge on any atom is 0.256 e. The van der Waals surface area contributed by atoms with Crippen LogP contribution >= 0.6 is 11.6 Å². The molecule has 0 spiro atoms. The Morgan fingerprint density at radius 3 is 2.62 bits per heavy atom. The normalized spacial score (nSPS) is 10.8. The van der Waals surface area contributed by atoms with Gasteiger partial charge in [-0.2, -0.15) is 0 Å². The first-order valence-electron chi connectivity index (χ1n) is 8.23. The van der Waals surface area contributed by atoms with Gasteiger partial charge in [0.15, 0.2) is 0 Å². The number of anilines is 1. The number of aromatic nitrogens is 2. The number of rotatable bonds is 3. The van der Waals surface area contributed by atoms with Gasteiger partial charge in [-0.25, -0.2) is 4.98 Å². The van der Waals surface area contributed by atoms with Crippen molar-refractivity contribution in [1.29, 1.82) is 0 Å². The Morgan fingerprint density at radius 2 is 1.85 bits per heavy atom. The monoisotopic (exact) mass is 361 g/mol. The molecule has 2 heterocycles. The van der Waals surface area contributed by atoms with Crippen LogP contribution in [-0.4, -0.2) is 15.3 Å². The van der Waals surface area contributed by atoms with Crippen molar-refractivity contribution in [3.63, 3.8) is 0 Å². The van der Waals surface area contributed by atoms with Crippen molar-refractivity contribution in [3.05, 3.63) is 89.1 Å². The van der Waals surface area contributed by atoms with E-state index in [0.717, 1.165) is 16.9 Å². The van der Waals surface area contributed by atoms with Crippen molar-refractivity contribution < 1.29 is 4.79 Å². The molecule has 4 nitrogen and oxygen atoms in total. The van der Waals surface area contributed by atoms with Crippen LogP contribution in [0.15, 0.2) is 72.9 Å². The summed E-state index contributed by atoms with van der Waals surface area (Å²) in [6.45, 7) is 2.04. The quantitative estimate of drug-likeness (QED) is 0.544. The Balaban J connectivity index is 1.81. The fourth-order valence-electron chi connectivity index (χ4n) is 2.84. The molecular formula is C21H16ClN3O. The van der Waals surface area contributed by atoms with Crippen LogP contribution in [0.3, 0.4) is 0 Å². The number of hydrogen-bond acceptors (Lipinski definition) is 2. The van der Waals surface area contributed by atoms with E-state index in [9.17, 15) is 4.79 Å². The molecular weight excluding hydrogens is 346 g/mol. The summed E-state index contributed by atoms with van der Waals surface area (Å²) >= 11 is 6.01. The van der Waals surface area contributed by atoms with Crippen LogP contribution in [0.1, 0.15) is 15.9 Å².